The first-order valence-corrected chi connectivity index (χ1v) is 10.2. The van der Waals surface area contributed by atoms with Crippen molar-refractivity contribution in [1.82, 2.24) is 14.5 Å². The Morgan fingerprint density at radius 2 is 1.96 bits per heavy atom. The van der Waals surface area contributed by atoms with Gasteiger partial charge in [-0.25, -0.2) is 21.6 Å². The average molecular weight is 420 g/mol. The molecule has 7 nitrogen and oxygen atoms in total. The van der Waals surface area contributed by atoms with Crippen LogP contribution in [0.3, 0.4) is 0 Å². The summed E-state index contributed by atoms with van der Waals surface area (Å²) in [4.78, 5) is 12.3. The van der Waals surface area contributed by atoms with Crippen LogP contribution in [0.2, 0.25) is 0 Å². The number of aromatic nitrogens is 2. The van der Waals surface area contributed by atoms with Crippen LogP contribution >= 0.6 is 11.3 Å². The van der Waals surface area contributed by atoms with E-state index in [9.17, 15) is 26.4 Å². The lowest BCUT2D eigenvalue weighted by molar-refractivity contribution is -0.120. The van der Waals surface area contributed by atoms with Gasteiger partial charge in [-0.2, -0.15) is 4.31 Å². The summed E-state index contributed by atoms with van der Waals surface area (Å²) in [5, 5.41) is 8.61. The minimum Gasteiger partial charge on any atom is -0.300 e. The Kier molecular flexibility index (Phi) is 5.77. The van der Waals surface area contributed by atoms with E-state index in [1.54, 1.807) is 0 Å². The molecule has 3 rings (SSSR count). The van der Waals surface area contributed by atoms with Crippen LogP contribution in [0.1, 0.15) is 24.3 Å². The lowest BCUT2D eigenvalue weighted by Crippen LogP contribution is -2.43. The molecular weight excluding hydrogens is 405 g/mol. The number of amides is 1. The van der Waals surface area contributed by atoms with Crippen LogP contribution in [0.15, 0.2) is 29.2 Å². The average Bonchev–Trinajstić information content (AvgIpc) is 3.11. The van der Waals surface area contributed by atoms with E-state index in [1.165, 1.54) is 16.4 Å². The van der Waals surface area contributed by atoms with Gasteiger partial charge in [0.1, 0.15) is 5.82 Å². The molecule has 0 radical (unpaired) electrons. The Labute approximate surface area is 157 Å². The first kappa shape index (κ1) is 19.7. The number of alkyl halides is 2. The molecule has 1 fully saturated rings. The number of anilines is 1. The van der Waals surface area contributed by atoms with Crippen molar-refractivity contribution < 1.29 is 26.4 Å². The first-order chi connectivity index (χ1) is 12.8. The van der Waals surface area contributed by atoms with E-state index in [-0.39, 0.29) is 23.1 Å². The van der Waals surface area contributed by atoms with Gasteiger partial charge in [0.2, 0.25) is 21.1 Å². The molecule has 2 aromatic rings. The molecule has 1 saturated heterocycles. The standard InChI is InChI=1S/C15H15F3N4O3S2/c16-10-3-5-11(6-4-10)27(24,25)22-7-1-2-9(8-22)13(23)19-15-21-20-14(26-15)12(17)18/h3-6,9,12H,1-2,7-8H2,(H,19,21,23). The van der Waals surface area contributed by atoms with Gasteiger partial charge in [-0.1, -0.05) is 11.3 Å². The fourth-order valence-corrected chi connectivity index (χ4v) is 4.84. The van der Waals surface area contributed by atoms with Crippen molar-refractivity contribution in [2.75, 3.05) is 18.4 Å². The molecule has 0 spiro atoms. The smallest absolute Gasteiger partial charge is 0.291 e. The summed E-state index contributed by atoms with van der Waals surface area (Å²) in [6.07, 6.45) is -1.88. The fourth-order valence-electron chi connectivity index (χ4n) is 2.71. The minimum atomic E-state index is -3.86. The number of piperidine rings is 1. The second-order valence-electron chi connectivity index (χ2n) is 5.89. The molecule has 0 saturated carbocycles. The molecule has 0 aliphatic carbocycles. The molecule has 1 unspecified atom stereocenters. The molecule has 27 heavy (non-hydrogen) atoms. The molecule has 0 bridgehead atoms. The Bertz CT molecular complexity index is 919. The van der Waals surface area contributed by atoms with Gasteiger partial charge in [0.25, 0.3) is 6.43 Å². The zero-order valence-corrected chi connectivity index (χ0v) is 15.4. The molecule has 1 aromatic heterocycles. The predicted molar refractivity (Wildman–Crippen MR) is 91.4 cm³/mol. The Morgan fingerprint density at radius 3 is 2.59 bits per heavy atom. The maximum atomic E-state index is 13.0. The summed E-state index contributed by atoms with van der Waals surface area (Å²) < 4.78 is 64.6. The van der Waals surface area contributed by atoms with Crippen molar-refractivity contribution in [3.8, 4) is 0 Å². The summed E-state index contributed by atoms with van der Waals surface area (Å²) in [6, 6.07) is 4.44. The van der Waals surface area contributed by atoms with Crippen molar-refractivity contribution in [3.63, 3.8) is 0 Å². The van der Waals surface area contributed by atoms with Crippen molar-refractivity contribution in [2.24, 2.45) is 5.92 Å². The number of hydrogen-bond donors (Lipinski definition) is 1. The summed E-state index contributed by atoms with van der Waals surface area (Å²) in [5.74, 6) is -1.72. The highest BCUT2D eigenvalue weighted by Gasteiger charge is 2.33. The number of halogens is 3. The van der Waals surface area contributed by atoms with Crippen LogP contribution in [-0.4, -0.2) is 41.9 Å². The Morgan fingerprint density at radius 1 is 1.26 bits per heavy atom. The maximum Gasteiger partial charge on any atom is 0.291 e. The lowest BCUT2D eigenvalue weighted by Gasteiger charge is -2.31. The van der Waals surface area contributed by atoms with Crippen LogP contribution in [0.5, 0.6) is 0 Å². The van der Waals surface area contributed by atoms with E-state index < -0.39 is 39.1 Å². The van der Waals surface area contributed by atoms with E-state index in [1.807, 2.05) is 0 Å². The number of hydrogen-bond acceptors (Lipinski definition) is 6. The molecule has 1 aromatic carbocycles. The zero-order chi connectivity index (χ0) is 19.6. The van der Waals surface area contributed by atoms with Crippen molar-refractivity contribution in [2.45, 2.75) is 24.2 Å². The predicted octanol–water partition coefficient (Wildman–Crippen LogP) is 2.65. The van der Waals surface area contributed by atoms with Gasteiger partial charge in [0.05, 0.1) is 10.8 Å². The van der Waals surface area contributed by atoms with Crippen LogP contribution in [-0.2, 0) is 14.8 Å². The van der Waals surface area contributed by atoms with Gasteiger partial charge < -0.3 is 5.32 Å². The molecule has 146 valence electrons. The van der Waals surface area contributed by atoms with Crippen molar-refractivity contribution in [1.29, 1.82) is 0 Å². The first-order valence-electron chi connectivity index (χ1n) is 7.95. The summed E-state index contributed by atoms with van der Waals surface area (Å²) in [5.41, 5.74) is 0. The Balaban J connectivity index is 1.69. The topological polar surface area (TPSA) is 92.3 Å². The third kappa shape index (κ3) is 4.45. The number of rotatable bonds is 5. The second kappa shape index (κ2) is 7.90. The SMILES string of the molecule is O=C(Nc1nnc(C(F)F)s1)C1CCCN(S(=O)(=O)c2ccc(F)cc2)C1. The number of sulfonamides is 1. The second-order valence-corrected chi connectivity index (χ2v) is 8.84. The Hall–Kier alpha value is -2.05. The largest absolute Gasteiger partial charge is 0.300 e. The fraction of sp³-hybridized carbons (Fsp3) is 0.400. The van der Waals surface area contributed by atoms with Crippen LogP contribution in [0, 0.1) is 11.7 Å². The van der Waals surface area contributed by atoms with E-state index >= 15 is 0 Å². The van der Waals surface area contributed by atoms with E-state index in [0.29, 0.717) is 24.2 Å². The van der Waals surface area contributed by atoms with Crippen LogP contribution < -0.4 is 5.32 Å². The highest BCUT2D eigenvalue weighted by Crippen LogP contribution is 2.27. The number of benzene rings is 1. The number of carbonyl (C=O) groups excluding carboxylic acids is 1. The molecule has 1 amide bonds. The molecule has 2 heterocycles. The molecule has 1 N–H and O–H groups in total. The normalized spacial score (nSPS) is 18.6. The van der Waals surface area contributed by atoms with E-state index in [0.717, 1.165) is 12.1 Å². The number of nitrogens with zero attached hydrogens (tertiary/aromatic N) is 3. The third-order valence-corrected chi connectivity index (χ3v) is 6.79. The number of nitrogens with one attached hydrogen (secondary N) is 1. The zero-order valence-electron chi connectivity index (χ0n) is 13.8. The van der Waals surface area contributed by atoms with E-state index in [2.05, 4.69) is 15.5 Å². The van der Waals surface area contributed by atoms with Gasteiger partial charge >= 0.3 is 0 Å². The molecule has 1 aliphatic heterocycles. The molecular formula is C15H15F3N4O3S2. The maximum absolute atomic E-state index is 13.0. The summed E-state index contributed by atoms with van der Waals surface area (Å²) in [7, 11) is -3.86. The van der Waals surface area contributed by atoms with Crippen LogP contribution in [0.25, 0.3) is 0 Å². The van der Waals surface area contributed by atoms with Gasteiger partial charge in [0.15, 0.2) is 5.01 Å². The lowest BCUT2D eigenvalue weighted by atomic mass is 9.99. The molecule has 12 heteroatoms. The van der Waals surface area contributed by atoms with Gasteiger partial charge in [-0.05, 0) is 37.1 Å². The quantitative estimate of drug-likeness (QED) is 0.803. The van der Waals surface area contributed by atoms with E-state index in [4.69, 9.17) is 0 Å². The number of carbonyl (C=O) groups is 1. The van der Waals surface area contributed by atoms with Gasteiger partial charge in [0, 0.05) is 13.1 Å². The summed E-state index contributed by atoms with van der Waals surface area (Å²) >= 11 is 0.566. The molecule has 1 atom stereocenters. The van der Waals surface area contributed by atoms with Gasteiger partial charge in [-0.3, -0.25) is 4.79 Å². The highest BCUT2D eigenvalue weighted by molar-refractivity contribution is 7.89. The summed E-state index contributed by atoms with van der Waals surface area (Å²) in [6.45, 7) is 0.171. The van der Waals surface area contributed by atoms with Crippen molar-refractivity contribution in [3.05, 3.63) is 35.1 Å². The molecule has 1 aliphatic rings. The highest BCUT2D eigenvalue weighted by atomic mass is 32.2. The van der Waals surface area contributed by atoms with Crippen LogP contribution in [0.4, 0.5) is 18.3 Å². The minimum absolute atomic E-state index is 0.0596. The van der Waals surface area contributed by atoms with Crippen molar-refractivity contribution >= 4 is 32.4 Å². The van der Waals surface area contributed by atoms with Gasteiger partial charge in [-0.15, -0.1) is 10.2 Å². The monoisotopic (exact) mass is 420 g/mol. The third-order valence-electron chi connectivity index (χ3n) is 4.06.